The van der Waals surface area contributed by atoms with Gasteiger partial charge in [-0.05, 0) is 6.42 Å². The lowest BCUT2D eigenvalue weighted by Crippen LogP contribution is -2.26. The van der Waals surface area contributed by atoms with Gasteiger partial charge >= 0.3 is 0 Å². The molecule has 0 unspecified atom stereocenters. The second-order valence-electron chi connectivity index (χ2n) is 4.79. The van der Waals surface area contributed by atoms with Gasteiger partial charge in [-0.2, -0.15) is 0 Å². The molecule has 2 heterocycles. The largest absolute Gasteiger partial charge is 0.347 e. The van der Waals surface area contributed by atoms with Crippen LogP contribution in [0.3, 0.4) is 0 Å². The molecule has 0 atom stereocenters. The van der Waals surface area contributed by atoms with Gasteiger partial charge in [0.1, 0.15) is 11.6 Å². The smallest absolute Gasteiger partial charge is 0.279 e. The summed E-state index contributed by atoms with van der Waals surface area (Å²) in [5.74, 6) is -0.562. The summed E-state index contributed by atoms with van der Waals surface area (Å²) >= 11 is 1.33. The first-order valence-corrected chi connectivity index (χ1v) is 7.55. The first kappa shape index (κ1) is 16.0. The number of anilines is 1. The number of hydrogen-bond donors (Lipinski definition) is 1. The van der Waals surface area contributed by atoms with E-state index in [-0.39, 0.29) is 18.1 Å². The van der Waals surface area contributed by atoms with Crippen LogP contribution in [-0.4, -0.2) is 56.0 Å². The highest BCUT2D eigenvalue weighted by Gasteiger charge is 2.15. The van der Waals surface area contributed by atoms with Crippen LogP contribution in [0, 0.1) is 0 Å². The van der Waals surface area contributed by atoms with Crippen molar-refractivity contribution in [3.8, 4) is 0 Å². The third-order valence-electron chi connectivity index (χ3n) is 2.72. The molecule has 2 aromatic rings. The zero-order valence-corrected chi connectivity index (χ0v) is 13.4. The summed E-state index contributed by atoms with van der Waals surface area (Å²) in [6.45, 7) is 2.08. The molecule has 0 bridgehead atoms. The van der Waals surface area contributed by atoms with Crippen molar-refractivity contribution in [2.45, 2.75) is 26.3 Å². The molecule has 2 rings (SSSR count). The fourth-order valence-corrected chi connectivity index (χ4v) is 2.38. The van der Waals surface area contributed by atoms with Crippen LogP contribution in [0.2, 0.25) is 0 Å². The number of hydrogen-bond acceptors (Lipinski definition) is 7. The molecule has 2 amide bonds. The Bertz CT molecular complexity index is 664. The summed E-state index contributed by atoms with van der Waals surface area (Å²) < 4.78 is 1.32. The molecule has 0 saturated carbocycles. The quantitative estimate of drug-likeness (QED) is 0.826. The van der Waals surface area contributed by atoms with E-state index in [4.69, 9.17) is 0 Å². The maximum absolute atomic E-state index is 12.0. The molecule has 22 heavy (non-hydrogen) atoms. The van der Waals surface area contributed by atoms with Crippen molar-refractivity contribution in [3.63, 3.8) is 0 Å². The van der Waals surface area contributed by atoms with Crippen molar-refractivity contribution in [1.29, 1.82) is 0 Å². The molecule has 0 spiro atoms. The molecule has 0 aliphatic heterocycles. The van der Waals surface area contributed by atoms with Crippen LogP contribution in [0.5, 0.6) is 0 Å². The number of carbonyl (C=O) groups excluding carboxylic acids is 2. The maximum atomic E-state index is 12.0. The second kappa shape index (κ2) is 7.07. The third-order valence-corrected chi connectivity index (χ3v) is 3.62. The molecule has 0 aliphatic carbocycles. The van der Waals surface area contributed by atoms with Gasteiger partial charge in [0, 0.05) is 20.5 Å². The average molecular weight is 323 g/mol. The number of nitrogens with zero attached hydrogens (tertiary/aromatic N) is 6. The lowest BCUT2D eigenvalue weighted by molar-refractivity contribution is -0.129. The number of likely N-dealkylation sites (N-methyl/N-ethyl adjacent to an activating group) is 1. The van der Waals surface area contributed by atoms with E-state index in [0.717, 1.165) is 17.8 Å². The van der Waals surface area contributed by atoms with Crippen LogP contribution >= 0.6 is 11.3 Å². The van der Waals surface area contributed by atoms with E-state index >= 15 is 0 Å². The second-order valence-corrected chi connectivity index (χ2v) is 5.86. The minimum atomic E-state index is -0.428. The molecular formula is C12H17N7O2S. The van der Waals surface area contributed by atoms with Crippen LogP contribution in [0.4, 0.5) is 5.13 Å². The van der Waals surface area contributed by atoms with Gasteiger partial charge in [-0.25, -0.2) is 4.68 Å². The SMILES string of the molecule is CCCc1nnc(NC(=O)c2cn(CC(=O)N(C)C)nn2)s1. The molecule has 0 saturated heterocycles. The lowest BCUT2D eigenvalue weighted by atomic mass is 10.4. The number of nitrogens with one attached hydrogen (secondary N) is 1. The molecule has 10 heteroatoms. The summed E-state index contributed by atoms with van der Waals surface area (Å²) in [7, 11) is 3.30. The van der Waals surface area contributed by atoms with Crippen LogP contribution in [0.15, 0.2) is 6.20 Å². The maximum Gasteiger partial charge on any atom is 0.279 e. The van der Waals surface area contributed by atoms with E-state index in [0.29, 0.717) is 5.13 Å². The van der Waals surface area contributed by atoms with Crippen molar-refractivity contribution in [3.05, 3.63) is 16.9 Å². The van der Waals surface area contributed by atoms with Gasteiger partial charge in [-0.3, -0.25) is 14.9 Å². The molecule has 0 fully saturated rings. The fourth-order valence-electron chi connectivity index (χ4n) is 1.54. The van der Waals surface area contributed by atoms with Gasteiger partial charge in [-0.15, -0.1) is 15.3 Å². The van der Waals surface area contributed by atoms with E-state index in [9.17, 15) is 9.59 Å². The van der Waals surface area contributed by atoms with Crippen molar-refractivity contribution in [2.75, 3.05) is 19.4 Å². The van der Waals surface area contributed by atoms with Crippen molar-refractivity contribution in [2.24, 2.45) is 0 Å². The summed E-state index contributed by atoms with van der Waals surface area (Å²) in [6, 6.07) is 0. The van der Waals surface area contributed by atoms with Crippen LogP contribution in [0.25, 0.3) is 0 Å². The predicted octanol–water partition coefficient (Wildman–Crippen LogP) is 0.423. The van der Waals surface area contributed by atoms with Gasteiger partial charge in [-0.1, -0.05) is 23.5 Å². The first-order valence-electron chi connectivity index (χ1n) is 6.73. The Morgan fingerprint density at radius 1 is 1.32 bits per heavy atom. The van der Waals surface area contributed by atoms with Gasteiger partial charge in [0.2, 0.25) is 11.0 Å². The van der Waals surface area contributed by atoms with Gasteiger partial charge in [0.25, 0.3) is 5.91 Å². The molecular weight excluding hydrogens is 306 g/mol. The van der Waals surface area contributed by atoms with Crippen molar-refractivity contribution in [1.82, 2.24) is 30.1 Å². The molecule has 2 aromatic heterocycles. The van der Waals surface area contributed by atoms with Gasteiger partial charge < -0.3 is 4.90 Å². The lowest BCUT2D eigenvalue weighted by Gasteiger charge is -2.08. The third kappa shape index (κ3) is 4.07. The summed E-state index contributed by atoms with van der Waals surface area (Å²) in [5, 5.41) is 19.3. The standard InChI is InChI=1S/C12H17N7O2S/c1-4-5-9-15-16-12(22-9)13-11(21)8-6-19(17-14-8)7-10(20)18(2)3/h6H,4-5,7H2,1-3H3,(H,13,16,21). The van der Waals surface area contributed by atoms with Crippen molar-refractivity contribution >= 4 is 28.3 Å². The van der Waals surface area contributed by atoms with E-state index < -0.39 is 5.91 Å². The summed E-state index contributed by atoms with van der Waals surface area (Å²) in [6.07, 6.45) is 3.22. The zero-order chi connectivity index (χ0) is 16.1. The molecule has 0 aromatic carbocycles. The minimum absolute atomic E-state index is 0.0345. The Morgan fingerprint density at radius 2 is 2.09 bits per heavy atom. The number of carbonyl (C=O) groups is 2. The Morgan fingerprint density at radius 3 is 2.77 bits per heavy atom. The van der Waals surface area contributed by atoms with Gasteiger partial charge in [0.15, 0.2) is 5.69 Å². The average Bonchev–Trinajstić information content (AvgIpc) is 3.09. The summed E-state index contributed by atoms with van der Waals surface area (Å²) in [5.41, 5.74) is 0.124. The normalized spacial score (nSPS) is 10.5. The molecule has 1 N–H and O–H groups in total. The van der Waals surface area contributed by atoms with Gasteiger partial charge in [0.05, 0.1) is 6.20 Å². The van der Waals surface area contributed by atoms with E-state index in [1.54, 1.807) is 14.1 Å². The number of aryl methyl sites for hydroxylation is 1. The Balaban J connectivity index is 1.97. The molecule has 0 radical (unpaired) electrons. The highest BCUT2D eigenvalue weighted by Crippen LogP contribution is 2.17. The van der Waals surface area contributed by atoms with Crippen LogP contribution in [0.1, 0.15) is 28.8 Å². The number of amides is 2. The highest BCUT2D eigenvalue weighted by molar-refractivity contribution is 7.15. The Labute approximate surface area is 131 Å². The predicted molar refractivity (Wildman–Crippen MR) is 80.6 cm³/mol. The van der Waals surface area contributed by atoms with E-state index in [1.165, 1.54) is 27.1 Å². The monoisotopic (exact) mass is 323 g/mol. The molecule has 118 valence electrons. The molecule has 9 nitrogen and oxygen atoms in total. The fraction of sp³-hybridized carbons (Fsp3) is 0.500. The number of aromatic nitrogens is 5. The Hall–Kier alpha value is -2.36. The Kier molecular flexibility index (Phi) is 5.15. The number of rotatable bonds is 6. The molecule has 0 aliphatic rings. The highest BCUT2D eigenvalue weighted by atomic mass is 32.1. The topological polar surface area (TPSA) is 106 Å². The van der Waals surface area contributed by atoms with E-state index in [2.05, 4.69) is 25.8 Å². The zero-order valence-electron chi connectivity index (χ0n) is 12.6. The minimum Gasteiger partial charge on any atom is -0.347 e. The van der Waals surface area contributed by atoms with Crippen molar-refractivity contribution < 1.29 is 9.59 Å². The van der Waals surface area contributed by atoms with E-state index in [1.807, 2.05) is 6.92 Å². The summed E-state index contributed by atoms with van der Waals surface area (Å²) in [4.78, 5) is 25.0. The van der Waals surface area contributed by atoms with Crippen LogP contribution in [-0.2, 0) is 17.8 Å². The van der Waals surface area contributed by atoms with Crippen LogP contribution < -0.4 is 5.32 Å². The first-order chi connectivity index (χ1) is 10.5.